The van der Waals surface area contributed by atoms with E-state index in [1.165, 1.54) is 12.8 Å². The number of carbonyl (C=O) groups excluding carboxylic acids is 1. The molecule has 1 spiro atoms. The second kappa shape index (κ2) is 5.57. The average molecular weight is 274 g/mol. The van der Waals surface area contributed by atoms with Gasteiger partial charge in [0.1, 0.15) is 0 Å². The lowest BCUT2D eigenvalue weighted by Gasteiger charge is -2.33. The van der Waals surface area contributed by atoms with Crippen molar-refractivity contribution in [3.63, 3.8) is 0 Å². The Morgan fingerprint density at radius 3 is 2.60 bits per heavy atom. The molecule has 3 nitrogen and oxygen atoms in total. The average Bonchev–Trinajstić information content (AvgIpc) is 3.08. The molecule has 0 bridgehead atoms. The minimum absolute atomic E-state index is 0.0248. The Kier molecular flexibility index (Phi) is 3.79. The number of esters is 1. The number of hydrogen-bond acceptors (Lipinski definition) is 3. The molecule has 108 valence electrons. The van der Waals surface area contributed by atoms with E-state index in [-0.39, 0.29) is 17.5 Å². The summed E-state index contributed by atoms with van der Waals surface area (Å²) in [5.41, 5.74) is 0.628. The molecule has 0 saturated heterocycles. The van der Waals surface area contributed by atoms with Crippen molar-refractivity contribution in [3.8, 4) is 0 Å². The second-order valence-electron chi connectivity index (χ2n) is 6.19. The molecule has 1 N–H and O–H groups in total. The molecule has 2 saturated carbocycles. The van der Waals surface area contributed by atoms with Crippen molar-refractivity contribution in [2.24, 2.45) is 11.3 Å². The zero-order valence-electron chi connectivity index (χ0n) is 11.8. The lowest BCUT2D eigenvalue weighted by molar-refractivity contribution is -0.00227. The highest BCUT2D eigenvalue weighted by Gasteiger charge is 2.51. The van der Waals surface area contributed by atoms with Crippen LogP contribution in [0.4, 0.5) is 0 Å². The van der Waals surface area contributed by atoms with Crippen molar-refractivity contribution >= 4 is 5.97 Å². The fourth-order valence-electron chi connectivity index (χ4n) is 4.06. The van der Waals surface area contributed by atoms with E-state index >= 15 is 0 Å². The van der Waals surface area contributed by atoms with Crippen molar-refractivity contribution < 1.29 is 14.6 Å². The standard InChI is InChI=1S/C17H22O3/c18-15-9-8-14(17(15)10-4-5-11-17)12-20-16(19)13-6-2-1-3-7-13/h1-3,6-7,14-15,18H,4-5,8-12H2. The first-order valence-corrected chi connectivity index (χ1v) is 7.63. The van der Waals surface area contributed by atoms with Crippen LogP contribution < -0.4 is 0 Å². The third-order valence-electron chi connectivity index (χ3n) is 5.22. The summed E-state index contributed by atoms with van der Waals surface area (Å²) in [5.74, 6) is 0.0767. The minimum atomic E-state index is -0.250. The van der Waals surface area contributed by atoms with Crippen LogP contribution in [0.25, 0.3) is 0 Å². The Hall–Kier alpha value is -1.35. The predicted octanol–water partition coefficient (Wildman–Crippen LogP) is 3.17. The summed E-state index contributed by atoms with van der Waals surface area (Å²) in [5, 5.41) is 10.3. The molecule has 2 aliphatic rings. The van der Waals surface area contributed by atoms with Gasteiger partial charge in [-0.05, 0) is 37.8 Å². The first-order valence-electron chi connectivity index (χ1n) is 7.63. The van der Waals surface area contributed by atoms with Gasteiger partial charge in [0.2, 0.25) is 0 Å². The number of carbonyl (C=O) groups is 1. The van der Waals surface area contributed by atoms with Crippen LogP contribution in [0.3, 0.4) is 0 Å². The summed E-state index contributed by atoms with van der Waals surface area (Å²) < 4.78 is 5.50. The smallest absolute Gasteiger partial charge is 0.338 e. The van der Waals surface area contributed by atoms with Crippen LogP contribution in [0.5, 0.6) is 0 Å². The maximum atomic E-state index is 12.0. The van der Waals surface area contributed by atoms with Crippen molar-refractivity contribution in [3.05, 3.63) is 35.9 Å². The van der Waals surface area contributed by atoms with E-state index in [4.69, 9.17) is 4.74 Å². The molecule has 3 rings (SSSR count). The molecule has 20 heavy (non-hydrogen) atoms. The molecule has 2 unspecified atom stereocenters. The number of aliphatic hydroxyl groups is 1. The number of aliphatic hydroxyl groups excluding tert-OH is 1. The Labute approximate surface area is 120 Å². The molecule has 2 atom stereocenters. The summed E-state index contributed by atoms with van der Waals surface area (Å²) in [6.45, 7) is 0.449. The van der Waals surface area contributed by atoms with E-state index in [0.717, 1.165) is 25.7 Å². The van der Waals surface area contributed by atoms with Gasteiger partial charge in [-0.1, -0.05) is 31.0 Å². The first-order chi connectivity index (χ1) is 9.72. The molecular weight excluding hydrogens is 252 g/mol. The molecule has 0 heterocycles. The van der Waals surface area contributed by atoms with Gasteiger partial charge in [0.05, 0.1) is 18.3 Å². The number of rotatable bonds is 3. The molecule has 1 aromatic rings. The molecular formula is C17H22O3. The van der Waals surface area contributed by atoms with E-state index in [0.29, 0.717) is 18.1 Å². The van der Waals surface area contributed by atoms with Crippen LogP contribution in [-0.4, -0.2) is 23.8 Å². The van der Waals surface area contributed by atoms with Gasteiger partial charge in [0, 0.05) is 11.3 Å². The van der Waals surface area contributed by atoms with E-state index in [1.807, 2.05) is 18.2 Å². The van der Waals surface area contributed by atoms with Crippen LogP contribution >= 0.6 is 0 Å². The van der Waals surface area contributed by atoms with E-state index in [2.05, 4.69) is 0 Å². The van der Waals surface area contributed by atoms with Gasteiger partial charge in [0.25, 0.3) is 0 Å². The normalized spacial score (nSPS) is 27.9. The summed E-state index contributed by atoms with van der Waals surface area (Å²) in [6, 6.07) is 9.12. The van der Waals surface area contributed by atoms with Gasteiger partial charge < -0.3 is 9.84 Å². The quantitative estimate of drug-likeness (QED) is 0.861. The van der Waals surface area contributed by atoms with Crippen LogP contribution in [0, 0.1) is 11.3 Å². The lowest BCUT2D eigenvalue weighted by atomic mass is 9.75. The Bertz CT molecular complexity index is 462. The molecule has 0 radical (unpaired) electrons. The summed E-state index contributed by atoms with van der Waals surface area (Å²) in [4.78, 5) is 12.0. The van der Waals surface area contributed by atoms with Crippen molar-refractivity contribution in [1.29, 1.82) is 0 Å². The van der Waals surface area contributed by atoms with Gasteiger partial charge in [-0.2, -0.15) is 0 Å². The molecule has 0 aromatic heterocycles. The molecule has 2 fully saturated rings. The number of benzene rings is 1. The third-order valence-corrected chi connectivity index (χ3v) is 5.22. The number of ether oxygens (including phenoxy) is 1. The molecule has 0 amide bonds. The molecule has 0 aliphatic heterocycles. The van der Waals surface area contributed by atoms with Gasteiger partial charge >= 0.3 is 5.97 Å². The first kappa shape index (κ1) is 13.6. The number of hydrogen-bond donors (Lipinski definition) is 1. The van der Waals surface area contributed by atoms with Gasteiger partial charge in [-0.3, -0.25) is 0 Å². The molecule has 3 heteroatoms. The predicted molar refractivity (Wildman–Crippen MR) is 76.4 cm³/mol. The molecule has 2 aliphatic carbocycles. The fraction of sp³-hybridized carbons (Fsp3) is 0.588. The highest BCUT2D eigenvalue weighted by Crippen LogP contribution is 2.54. The van der Waals surface area contributed by atoms with E-state index in [1.54, 1.807) is 12.1 Å². The van der Waals surface area contributed by atoms with Crippen molar-refractivity contribution in [2.75, 3.05) is 6.61 Å². The zero-order valence-corrected chi connectivity index (χ0v) is 11.8. The van der Waals surface area contributed by atoms with Crippen LogP contribution in [0.15, 0.2) is 30.3 Å². The monoisotopic (exact) mass is 274 g/mol. The Morgan fingerprint density at radius 1 is 1.20 bits per heavy atom. The molecule has 1 aromatic carbocycles. The Morgan fingerprint density at radius 2 is 1.90 bits per heavy atom. The highest BCUT2D eigenvalue weighted by atomic mass is 16.5. The Balaban J connectivity index is 1.62. The lowest BCUT2D eigenvalue weighted by Crippen LogP contribution is -2.35. The minimum Gasteiger partial charge on any atom is -0.462 e. The van der Waals surface area contributed by atoms with Gasteiger partial charge in [-0.15, -0.1) is 0 Å². The summed E-state index contributed by atoms with van der Waals surface area (Å²) in [6.07, 6.45) is 6.19. The van der Waals surface area contributed by atoms with E-state index in [9.17, 15) is 9.90 Å². The topological polar surface area (TPSA) is 46.5 Å². The SMILES string of the molecule is O=C(OCC1CCC(O)C12CCCC2)c1ccccc1. The highest BCUT2D eigenvalue weighted by molar-refractivity contribution is 5.89. The second-order valence-corrected chi connectivity index (χ2v) is 6.19. The van der Waals surface area contributed by atoms with Crippen LogP contribution in [-0.2, 0) is 4.74 Å². The third kappa shape index (κ3) is 2.35. The maximum Gasteiger partial charge on any atom is 0.338 e. The van der Waals surface area contributed by atoms with Crippen molar-refractivity contribution in [1.82, 2.24) is 0 Å². The summed E-state index contributed by atoms with van der Waals surface area (Å²) in [7, 11) is 0. The van der Waals surface area contributed by atoms with Crippen molar-refractivity contribution in [2.45, 2.75) is 44.6 Å². The van der Waals surface area contributed by atoms with Gasteiger partial charge in [-0.25, -0.2) is 4.79 Å². The fourth-order valence-corrected chi connectivity index (χ4v) is 4.06. The largest absolute Gasteiger partial charge is 0.462 e. The van der Waals surface area contributed by atoms with Gasteiger partial charge in [0.15, 0.2) is 0 Å². The van der Waals surface area contributed by atoms with Crippen LogP contribution in [0.1, 0.15) is 48.9 Å². The van der Waals surface area contributed by atoms with Crippen LogP contribution in [0.2, 0.25) is 0 Å². The van der Waals surface area contributed by atoms with E-state index < -0.39 is 0 Å². The summed E-state index contributed by atoms with van der Waals surface area (Å²) >= 11 is 0. The zero-order chi connectivity index (χ0) is 14.0. The maximum absolute atomic E-state index is 12.0.